The van der Waals surface area contributed by atoms with Crippen LogP contribution >= 0.6 is 12.4 Å². The fraction of sp³-hybridized carbons (Fsp3) is 0.417. The third-order valence-corrected chi connectivity index (χ3v) is 2.27. The van der Waals surface area contributed by atoms with Gasteiger partial charge in [-0.25, -0.2) is 0 Å². The second-order valence-electron chi connectivity index (χ2n) is 3.55. The Morgan fingerprint density at radius 2 is 2.06 bits per heavy atom. The summed E-state index contributed by atoms with van der Waals surface area (Å²) in [4.78, 5) is 11.5. The van der Waals surface area contributed by atoms with Crippen molar-refractivity contribution in [2.45, 2.75) is 26.7 Å². The largest absolute Gasteiger partial charge is 0.386 e. The predicted octanol–water partition coefficient (Wildman–Crippen LogP) is 3.20. The van der Waals surface area contributed by atoms with E-state index in [0.29, 0.717) is 6.42 Å². The molecule has 0 saturated carbocycles. The van der Waals surface area contributed by atoms with Gasteiger partial charge in [0.05, 0.1) is 11.4 Å². The molecule has 0 atom stereocenters. The molecule has 1 aromatic carbocycles. The number of halogens is 1. The maximum absolute atomic E-state index is 11.5. The lowest BCUT2D eigenvalue weighted by molar-refractivity contribution is -0.116. The van der Waals surface area contributed by atoms with E-state index in [0.717, 1.165) is 23.4 Å². The first-order valence-electron chi connectivity index (χ1n) is 5.26. The first-order chi connectivity index (χ1) is 7.19. The lowest BCUT2D eigenvalue weighted by atomic mass is 10.1. The molecule has 0 aliphatic rings. The third kappa shape index (κ3) is 3.74. The van der Waals surface area contributed by atoms with Crippen LogP contribution in [0.25, 0.3) is 0 Å². The van der Waals surface area contributed by atoms with E-state index in [1.807, 2.05) is 39.1 Å². The maximum Gasteiger partial charge on any atom is 0.224 e. The van der Waals surface area contributed by atoms with Gasteiger partial charge in [0.1, 0.15) is 0 Å². The van der Waals surface area contributed by atoms with Gasteiger partial charge in [0.15, 0.2) is 0 Å². The SMILES string of the molecule is CCCC(=O)Nc1cccc(C)c1NC.Cl. The second-order valence-corrected chi connectivity index (χ2v) is 3.55. The van der Waals surface area contributed by atoms with Crippen LogP contribution in [0.1, 0.15) is 25.3 Å². The molecule has 0 fully saturated rings. The fourth-order valence-electron chi connectivity index (χ4n) is 1.54. The van der Waals surface area contributed by atoms with E-state index in [9.17, 15) is 4.79 Å². The average Bonchev–Trinajstić information content (AvgIpc) is 2.18. The van der Waals surface area contributed by atoms with E-state index >= 15 is 0 Å². The van der Waals surface area contributed by atoms with E-state index in [1.54, 1.807) is 0 Å². The van der Waals surface area contributed by atoms with E-state index < -0.39 is 0 Å². The van der Waals surface area contributed by atoms with Crippen LogP contribution in [0.15, 0.2) is 18.2 Å². The number of para-hydroxylation sites is 1. The molecule has 90 valence electrons. The highest BCUT2D eigenvalue weighted by atomic mass is 35.5. The molecule has 0 radical (unpaired) electrons. The number of carbonyl (C=O) groups is 1. The number of benzene rings is 1. The quantitative estimate of drug-likeness (QED) is 0.852. The van der Waals surface area contributed by atoms with Gasteiger partial charge in [-0.1, -0.05) is 19.1 Å². The minimum absolute atomic E-state index is 0. The molecule has 3 nitrogen and oxygen atoms in total. The summed E-state index contributed by atoms with van der Waals surface area (Å²) in [6, 6.07) is 5.87. The summed E-state index contributed by atoms with van der Waals surface area (Å²) >= 11 is 0. The van der Waals surface area contributed by atoms with Crippen LogP contribution < -0.4 is 10.6 Å². The topological polar surface area (TPSA) is 41.1 Å². The zero-order valence-electron chi connectivity index (χ0n) is 9.96. The smallest absolute Gasteiger partial charge is 0.224 e. The van der Waals surface area contributed by atoms with Crippen molar-refractivity contribution >= 4 is 29.7 Å². The Bertz CT molecular complexity index is 353. The van der Waals surface area contributed by atoms with Crippen LogP contribution in [0, 0.1) is 6.92 Å². The van der Waals surface area contributed by atoms with Gasteiger partial charge in [0, 0.05) is 13.5 Å². The highest BCUT2D eigenvalue weighted by Gasteiger charge is 2.06. The zero-order chi connectivity index (χ0) is 11.3. The Balaban J connectivity index is 0.00000225. The van der Waals surface area contributed by atoms with Gasteiger partial charge in [0.2, 0.25) is 5.91 Å². The second kappa shape index (κ2) is 7.12. The van der Waals surface area contributed by atoms with Crippen LogP contribution in [-0.4, -0.2) is 13.0 Å². The van der Waals surface area contributed by atoms with Crippen LogP contribution in [0.3, 0.4) is 0 Å². The summed E-state index contributed by atoms with van der Waals surface area (Å²) in [5, 5.41) is 6.00. The minimum atomic E-state index is 0. The Morgan fingerprint density at radius 3 is 2.62 bits per heavy atom. The standard InChI is InChI=1S/C12H18N2O.ClH/c1-4-6-11(15)14-10-8-5-7-9(2)12(10)13-3;/h5,7-8,13H,4,6H2,1-3H3,(H,14,15);1H. The lowest BCUT2D eigenvalue weighted by Crippen LogP contribution is -2.12. The van der Waals surface area contributed by atoms with Gasteiger partial charge in [-0.3, -0.25) is 4.79 Å². The van der Waals surface area contributed by atoms with E-state index in [4.69, 9.17) is 0 Å². The Morgan fingerprint density at radius 1 is 1.38 bits per heavy atom. The Kier molecular flexibility index (Phi) is 6.58. The van der Waals surface area contributed by atoms with E-state index in [-0.39, 0.29) is 18.3 Å². The number of carbonyl (C=O) groups excluding carboxylic acids is 1. The monoisotopic (exact) mass is 242 g/mol. The number of hydrogen-bond acceptors (Lipinski definition) is 2. The number of amides is 1. The van der Waals surface area contributed by atoms with Crippen molar-refractivity contribution in [3.8, 4) is 0 Å². The molecule has 16 heavy (non-hydrogen) atoms. The van der Waals surface area contributed by atoms with Gasteiger partial charge >= 0.3 is 0 Å². The van der Waals surface area contributed by atoms with Crippen LogP contribution in [-0.2, 0) is 4.79 Å². The fourth-order valence-corrected chi connectivity index (χ4v) is 1.54. The number of rotatable bonds is 4. The van der Waals surface area contributed by atoms with Crippen molar-refractivity contribution in [3.05, 3.63) is 23.8 Å². The first-order valence-corrected chi connectivity index (χ1v) is 5.26. The summed E-state index contributed by atoms with van der Waals surface area (Å²) in [5.74, 6) is 0.0691. The number of hydrogen-bond donors (Lipinski definition) is 2. The molecule has 1 amide bonds. The molecule has 2 N–H and O–H groups in total. The molecular weight excluding hydrogens is 224 g/mol. The molecule has 4 heteroatoms. The van der Waals surface area contributed by atoms with Crippen molar-refractivity contribution in [2.24, 2.45) is 0 Å². The van der Waals surface area contributed by atoms with E-state index in [2.05, 4.69) is 10.6 Å². The molecule has 0 unspecified atom stereocenters. The first kappa shape index (κ1) is 14.8. The molecule has 1 rings (SSSR count). The summed E-state index contributed by atoms with van der Waals surface area (Å²) in [5.41, 5.74) is 2.98. The van der Waals surface area contributed by atoms with Gasteiger partial charge in [0.25, 0.3) is 0 Å². The van der Waals surface area contributed by atoms with Gasteiger partial charge in [-0.15, -0.1) is 12.4 Å². The maximum atomic E-state index is 11.5. The van der Waals surface area contributed by atoms with Gasteiger partial charge in [-0.05, 0) is 25.0 Å². The summed E-state index contributed by atoms with van der Waals surface area (Å²) in [6.45, 7) is 4.01. The zero-order valence-corrected chi connectivity index (χ0v) is 10.8. The molecule has 0 spiro atoms. The lowest BCUT2D eigenvalue weighted by Gasteiger charge is -2.12. The molecule has 0 aromatic heterocycles. The molecule has 1 aromatic rings. The van der Waals surface area contributed by atoms with Crippen LogP contribution in [0.4, 0.5) is 11.4 Å². The molecule has 0 bridgehead atoms. The molecule has 0 aliphatic heterocycles. The Hall–Kier alpha value is -1.22. The molecule has 0 saturated heterocycles. The molecular formula is C12H19ClN2O. The average molecular weight is 243 g/mol. The van der Waals surface area contributed by atoms with Gasteiger partial charge < -0.3 is 10.6 Å². The summed E-state index contributed by atoms with van der Waals surface area (Å²) in [7, 11) is 1.86. The van der Waals surface area contributed by atoms with Crippen molar-refractivity contribution in [1.29, 1.82) is 0 Å². The van der Waals surface area contributed by atoms with Crippen molar-refractivity contribution in [1.82, 2.24) is 0 Å². The third-order valence-electron chi connectivity index (χ3n) is 2.27. The minimum Gasteiger partial charge on any atom is -0.386 e. The molecule has 0 heterocycles. The van der Waals surface area contributed by atoms with E-state index in [1.165, 1.54) is 0 Å². The number of nitrogens with one attached hydrogen (secondary N) is 2. The Labute approximate surface area is 103 Å². The van der Waals surface area contributed by atoms with Crippen molar-refractivity contribution < 1.29 is 4.79 Å². The highest BCUT2D eigenvalue weighted by molar-refractivity contribution is 5.94. The van der Waals surface area contributed by atoms with Crippen molar-refractivity contribution in [3.63, 3.8) is 0 Å². The number of aryl methyl sites for hydroxylation is 1. The van der Waals surface area contributed by atoms with Crippen molar-refractivity contribution in [2.75, 3.05) is 17.7 Å². The van der Waals surface area contributed by atoms with Gasteiger partial charge in [-0.2, -0.15) is 0 Å². The molecule has 0 aliphatic carbocycles. The summed E-state index contributed by atoms with van der Waals surface area (Å²) < 4.78 is 0. The van der Waals surface area contributed by atoms with Crippen LogP contribution in [0.5, 0.6) is 0 Å². The normalized spacial score (nSPS) is 9.19. The predicted molar refractivity (Wildman–Crippen MR) is 71.5 cm³/mol. The summed E-state index contributed by atoms with van der Waals surface area (Å²) in [6.07, 6.45) is 1.43. The van der Waals surface area contributed by atoms with Crippen LogP contribution in [0.2, 0.25) is 0 Å². The number of anilines is 2. The highest BCUT2D eigenvalue weighted by Crippen LogP contribution is 2.25.